The van der Waals surface area contributed by atoms with Gasteiger partial charge in [-0.1, -0.05) is 24.3 Å². The van der Waals surface area contributed by atoms with E-state index in [1.807, 2.05) is 0 Å². The van der Waals surface area contributed by atoms with E-state index < -0.39 is 47.5 Å². The Hall–Kier alpha value is -4.82. The minimum absolute atomic E-state index is 0.261. The number of hydrogen-bond acceptors (Lipinski definition) is 6. The second-order valence-corrected chi connectivity index (χ2v) is 12.9. The molecule has 0 bridgehead atoms. The number of hydrogen-bond donors (Lipinski definition) is 4. The first-order valence-electron chi connectivity index (χ1n) is 16.8. The average Bonchev–Trinajstić information content (AvgIpc) is 3.11. The molecule has 0 fully saturated rings. The summed E-state index contributed by atoms with van der Waals surface area (Å²) in [6.07, 6.45) is 0.303. The van der Waals surface area contributed by atoms with Crippen LogP contribution in [0.2, 0.25) is 0 Å². The van der Waals surface area contributed by atoms with Crippen LogP contribution >= 0.6 is 0 Å². The molecule has 0 radical (unpaired) electrons. The zero-order chi connectivity index (χ0) is 37.8. The number of benzene rings is 2. The molecule has 2 unspecified atom stereocenters. The number of fused-ring (bicyclic) bond motifs is 2. The van der Waals surface area contributed by atoms with E-state index in [-0.39, 0.29) is 12.1 Å². The van der Waals surface area contributed by atoms with Gasteiger partial charge in [0.05, 0.1) is 23.2 Å². The smallest absolute Gasteiger partial charge is 0.384 e. The molecule has 4 atom stereocenters. The molecule has 2 heterocycles. The molecule has 0 saturated heterocycles. The predicted molar refractivity (Wildman–Crippen MR) is 180 cm³/mol. The van der Waals surface area contributed by atoms with Gasteiger partial charge in [-0.2, -0.15) is 26.3 Å². The summed E-state index contributed by atoms with van der Waals surface area (Å²) in [6, 6.07) is 9.49. The van der Waals surface area contributed by atoms with Crippen molar-refractivity contribution >= 4 is 11.8 Å². The van der Waals surface area contributed by atoms with Crippen molar-refractivity contribution in [3.63, 3.8) is 0 Å². The summed E-state index contributed by atoms with van der Waals surface area (Å²) < 4.78 is 76.6. The Kier molecular flexibility index (Phi) is 11.7. The van der Waals surface area contributed by atoms with Gasteiger partial charge in [0.2, 0.25) is 11.8 Å². The fourth-order valence-electron chi connectivity index (χ4n) is 6.50. The third-order valence-electron chi connectivity index (χ3n) is 9.21. The number of aliphatic hydroxyl groups is 2. The van der Waals surface area contributed by atoms with Gasteiger partial charge in [0.15, 0.2) is 0 Å². The largest absolute Gasteiger partial charge is 0.416 e. The van der Waals surface area contributed by atoms with Gasteiger partial charge in [-0.3, -0.25) is 19.6 Å². The van der Waals surface area contributed by atoms with Crippen molar-refractivity contribution in [2.45, 2.75) is 89.0 Å². The Bertz CT molecular complexity index is 1740. The van der Waals surface area contributed by atoms with E-state index in [0.29, 0.717) is 11.1 Å². The summed E-state index contributed by atoms with van der Waals surface area (Å²) in [4.78, 5) is 32.1. The molecule has 0 spiro atoms. The summed E-state index contributed by atoms with van der Waals surface area (Å²) in [6.45, 7) is 2.80. The van der Waals surface area contributed by atoms with Gasteiger partial charge in [0.1, 0.15) is 12.2 Å². The molecule has 276 valence electrons. The molecule has 52 heavy (non-hydrogen) atoms. The van der Waals surface area contributed by atoms with Gasteiger partial charge < -0.3 is 20.8 Å². The van der Waals surface area contributed by atoms with Gasteiger partial charge in [-0.25, -0.2) is 0 Å². The van der Waals surface area contributed by atoms with Gasteiger partial charge in [0.25, 0.3) is 0 Å². The lowest BCUT2D eigenvalue weighted by atomic mass is 9.84. The summed E-state index contributed by atoms with van der Waals surface area (Å²) in [5.74, 6) is -0.912. The SMILES string of the molecule is C[C@@H](O)C(=O)NC1CCCc2c(-c3ccc(C(F)(F)F)cc3)cncc21.C[C@@H](O)C(=O)NC1CCCc2c(-c3ccc(C(F)(F)F)cc3)cncc21. The van der Waals surface area contributed by atoms with Crippen molar-refractivity contribution in [3.05, 3.63) is 107 Å². The van der Waals surface area contributed by atoms with Gasteiger partial charge in [-0.05, 0) is 110 Å². The number of nitrogens with zero attached hydrogens (tertiary/aromatic N) is 2. The van der Waals surface area contributed by atoms with Gasteiger partial charge in [-0.15, -0.1) is 0 Å². The van der Waals surface area contributed by atoms with Crippen molar-refractivity contribution in [2.75, 3.05) is 0 Å². The Labute approximate surface area is 296 Å². The number of nitrogens with one attached hydrogen (secondary N) is 2. The van der Waals surface area contributed by atoms with E-state index in [4.69, 9.17) is 0 Å². The topological polar surface area (TPSA) is 124 Å². The van der Waals surface area contributed by atoms with E-state index in [9.17, 15) is 46.1 Å². The third-order valence-corrected chi connectivity index (χ3v) is 9.21. The van der Waals surface area contributed by atoms with E-state index >= 15 is 0 Å². The highest BCUT2D eigenvalue weighted by molar-refractivity contribution is 5.81. The predicted octanol–water partition coefficient (Wildman–Crippen LogP) is 7.28. The molecule has 0 aliphatic heterocycles. The Morgan fingerprint density at radius 1 is 0.635 bits per heavy atom. The van der Waals surface area contributed by atoms with Crippen molar-refractivity contribution in [2.24, 2.45) is 0 Å². The highest BCUT2D eigenvalue weighted by atomic mass is 19.4. The van der Waals surface area contributed by atoms with Crippen LogP contribution in [0.25, 0.3) is 22.3 Å². The van der Waals surface area contributed by atoms with Crippen LogP contribution in [0.3, 0.4) is 0 Å². The van der Waals surface area contributed by atoms with E-state index in [1.54, 1.807) is 24.8 Å². The molecule has 0 saturated carbocycles. The van der Waals surface area contributed by atoms with E-state index in [1.165, 1.54) is 38.1 Å². The van der Waals surface area contributed by atoms with Crippen LogP contribution in [-0.2, 0) is 34.8 Å². The second kappa shape index (κ2) is 15.8. The first-order valence-corrected chi connectivity index (χ1v) is 16.8. The molecule has 4 N–H and O–H groups in total. The van der Waals surface area contributed by atoms with Crippen molar-refractivity contribution < 1.29 is 46.1 Å². The van der Waals surface area contributed by atoms with Crippen molar-refractivity contribution in [3.8, 4) is 22.3 Å². The van der Waals surface area contributed by atoms with Crippen LogP contribution in [-0.4, -0.2) is 44.2 Å². The maximum absolute atomic E-state index is 12.8. The van der Waals surface area contributed by atoms with Gasteiger partial charge >= 0.3 is 12.4 Å². The van der Waals surface area contributed by atoms with Crippen molar-refractivity contribution in [1.82, 2.24) is 20.6 Å². The maximum Gasteiger partial charge on any atom is 0.416 e. The number of amides is 2. The standard InChI is InChI=1S/2C19H19F3N2O2/c2*1-11(25)18(26)24-17-4-2-3-14-15(9-23-10-16(14)17)12-5-7-13(8-6-12)19(20,21)22/h2*5-11,17,25H,2-4H2,1H3,(H,24,26)/t2*11-,17?/m11/s1. The first-order chi connectivity index (χ1) is 24.5. The number of carbonyl (C=O) groups excluding carboxylic acids is 2. The van der Waals surface area contributed by atoms with Crippen LogP contribution in [0.5, 0.6) is 0 Å². The minimum Gasteiger partial charge on any atom is -0.384 e. The molecule has 14 heteroatoms. The number of aliphatic hydroxyl groups excluding tert-OH is 2. The summed E-state index contributed by atoms with van der Waals surface area (Å²) in [7, 11) is 0. The Morgan fingerprint density at radius 2 is 0.981 bits per heavy atom. The lowest BCUT2D eigenvalue weighted by Gasteiger charge is -2.28. The first kappa shape index (κ1) is 38.4. The number of carbonyl (C=O) groups is 2. The van der Waals surface area contributed by atoms with E-state index in [2.05, 4.69) is 20.6 Å². The Morgan fingerprint density at radius 3 is 1.29 bits per heavy atom. The highest BCUT2D eigenvalue weighted by Crippen LogP contribution is 2.39. The summed E-state index contributed by atoms with van der Waals surface area (Å²) >= 11 is 0. The number of pyridine rings is 2. The minimum atomic E-state index is -4.37. The molecular weight excluding hydrogens is 690 g/mol. The zero-order valence-corrected chi connectivity index (χ0v) is 28.4. The molecule has 2 aliphatic rings. The molecule has 2 aromatic heterocycles. The van der Waals surface area contributed by atoms with Crippen molar-refractivity contribution in [1.29, 1.82) is 0 Å². The molecule has 2 aromatic carbocycles. The summed E-state index contributed by atoms with van der Waals surface area (Å²) in [5, 5.41) is 24.4. The maximum atomic E-state index is 12.8. The molecule has 4 aromatic rings. The molecule has 2 aliphatic carbocycles. The normalized spacial score (nSPS) is 18.1. The third kappa shape index (κ3) is 8.96. The molecule has 6 rings (SSSR count). The highest BCUT2D eigenvalue weighted by Gasteiger charge is 2.32. The fourth-order valence-corrected chi connectivity index (χ4v) is 6.50. The van der Waals surface area contributed by atoms with Crippen LogP contribution in [0.15, 0.2) is 73.3 Å². The Balaban J connectivity index is 0.000000201. The molecule has 8 nitrogen and oxygen atoms in total. The second-order valence-electron chi connectivity index (χ2n) is 12.9. The molecule has 2 amide bonds. The quantitative estimate of drug-likeness (QED) is 0.155. The number of aromatic nitrogens is 2. The summed E-state index contributed by atoms with van der Waals surface area (Å²) in [5.41, 5.74) is 5.12. The van der Waals surface area contributed by atoms with Crippen LogP contribution in [0.1, 0.15) is 85.0 Å². The monoisotopic (exact) mass is 728 g/mol. The number of rotatable bonds is 6. The van der Waals surface area contributed by atoms with Crippen LogP contribution in [0.4, 0.5) is 26.3 Å². The van der Waals surface area contributed by atoms with Crippen LogP contribution < -0.4 is 10.6 Å². The van der Waals surface area contributed by atoms with Gasteiger partial charge in [0, 0.05) is 35.9 Å². The van der Waals surface area contributed by atoms with E-state index in [0.717, 1.165) is 96.2 Å². The number of alkyl halides is 6. The zero-order valence-electron chi connectivity index (χ0n) is 28.4. The van der Waals surface area contributed by atoms with Crippen LogP contribution in [0, 0.1) is 0 Å². The fraction of sp³-hybridized carbons (Fsp3) is 0.368. The molecular formula is C38H38F6N4O4. The number of halogens is 6. The lowest BCUT2D eigenvalue weighted by Crippen LogP contribution is -2.37. The average molecular weight is 729 g/mol. The lowest BCUT2D eigenvalue weighted by molar-refractivity contribution is -0.138.